The van der Waals surface area contributed by atoms with Gasteiger partial charge in [0.2, 0.25) is 0 Å². The van der Waals surface area contributed by atoms with Gasteiger partial charge in [0.05, 0.1) is 0 Å². The minimum Gasteiger partial charge on any atom is -0.310 e. The van der Waals surface area contributed by atoms with Gasteiger partial charge >= 0.3 is 0 Å². The summed E-state index contributed by atoms with van der Waals surface area (Å²) in [5.41, 5.74) is 3.89. The molecule has 0 saturated carbocycles. The van der Waals surface area contributed by atoms with E-state index in [2.05, 4.69) is 70.1 Å². The van der Waals surface area contributed by atoms with Gasteiger partial charge in [0.25, 0.3) is 0 Å². The molecule has 0 fully saturated rings. The maximum atomic E-state index is 3.59. The second-order valence-corrected chi connectivity index (χ2v) is 5.64. The first-order valence-electron chi connectivity index (χ1n) is 5.77. The molecule has 0 saturated heterocycles. The highest BCUT2D eigenvalue weighted by Gasteiger charge is 2.07. The van der Waals surface area contributed by atoms with Gasteiger partial charge in [-0.15, -0.1) is 0 Å². The third-order valence-corrected chi connectivity index (χ3v) is 4.53. The molecular weight excluding hydrogens is 294 g/mol. The lowest BCUT2D eigenvalue weighted by Gasteiger charge is -2.13. The zero-order valence-corrected chi connectivity index (χ0v) is 12.4. The van der Waals surface area contributed by atoms with Crippen molar-refractivity contribution in [1.29, 1.82) is 0 Å². The minimum absolute atomic E-state index is 0.400. The van der Waals surface area contributed by atoms with Crippen LogP contribution in [0.5, 0.6) is 0 Å². The van der Waals surface area contributed by atoms with Crippen molar-refractivity contribution in [3.63, 3.8) is 0 Å². The third-order valence-electron chi connectivity index (χ3n) is 2.82. The van der Waals surface area contributed by atoms with E-state index in [4.69, 9.17) is 0 Å². The number of hydrogen-bond acceptors (Lipinski definition) is 2. The summed E-state index contributed by atoms with van der Waals surface area (Å²) in [4.78, 5) is 0. The largest absolute Gasteiger partial charge is 0.310 e. The van der Waals surface area contributed by atoms with Gasteiger partial charge in [-0.2, -0.15) is 11.3 Å². The summed E-state index contributed by atoms with van der Waals surface area (Å²) in [7, 11) is 0. The zero-order chi connectivity index (χ0) is 12.3. The van der Waals surface area contributed by atoms with E-state index < -0.39 is 0 Å². The van der Waals surface area contributed by atoms with Crippen molar-refractivity contribution in [1.82, 2.24) is 5.32 Å². The molecule has 0 radical (unpaired) electrons. The molecule has 0 spiro atoms. The van der Waals surface area contributed by atoms with Crippen molar-refractivity contribution >= 4 is 27.3 Å². The Kier molecular flexibility index (Phi) is 4.37. The molecule has 90 valence electrons. The minimum atomic E-state index is 0.400. The molecule has 1 unspecified atom stereocenters. The highest BCUT2D eigenvalue weighted by Crippen LogP contribution is 2.32. The van der Waals surface area contributed by atoms with E-state index in [0.29, 0.717) is 6.04 Å². The van der Waals surface area contributed by atoms with Crippen LogP contribution in [0.25, 0.3) is 11.1 Å². The molecule has 0 bridgehead atoms. The first kappa shape index (κ1) is 12.8. The molecule has 0 aliphatic rings. The van der Waals surface area contributed by atoms with E-state index >= 15 is 0 Å². The molecule has 0 aliphatic carbocycles. The monoisotopic (exact) mass is 309 g/mol. The highest BCUT2D eigenvalue weighted by molar-refractivity contribution is 9.10. The molecule has 17 heavy (non-hydrogen) atoms. The van der Waals surface area contributed by atoms with Gasteiger partial charge < -0.3 is 5.32 Å². The van der Waals surface area contributed by atoms with Crippen LogP contribution in [-0.2, 0) is 0 Å². The van der Waals surface area contributed by atoms with Crippen molar-refractivity contribution in [3.05, 3.63) is 45.1 Å². The van der Waals surface area contributed by atoms with E-state index in [1.165, 1.54) is 21.2 Å². The first-order chi connectivity index (χ1) is 8.22. The van der Waals surface area contributed by atoms with E-state index in [-0.39, 0.29) is 0 Å². The molecule has 2 rings (SSSR count). The predicted molar refractivity (Wildman–Crippen MR) is 79.5 cm³/mol. The number of nitrogens with one attached hydrogen (secondary N) is 1. The summed E-state index contributed by atoms with van der Waals surface area (Å²) in [6, 6.07) is 9.13. The number of thiophene rings is 1. The molecular formula is C14H16BrNS. The lowest BCUT2D eigenvalue weighted by atomic mass is 10.0. The molecule has 3 heteroatoms. The fourth-order valence-corrected chi connectivity index (χ4v) is 3.42. The normalized spacial score (nSPS) is 12.6. The lowest BCUT2D eigenvalue weighted by Crippen LogP contribution is -2.17. The van der Waals surface area contributed by atoms with Gasteiger partial charge in [-0.05, 0) is 52.0 Å². The van der Waals surface area contributed by atoms with Crippen LogP contribution >= 0.6 is 27.3 Å². The molecule has 1 heterocycles. The maximum Gasteiger partial charge on any atom is 0.0360 e. The summed E-state index contributed by atoms with van der Waals surface area (Å²) >= 11 is 5.31. The van der Waals surface area contributed by atoms with Crippen molar-refractivity contribution in [2.75, 3.05) is 6.54 Å². The Morgan fingerprint density at radius 3 is 2.82 bits per heavy atom. The Morgan fingerprint density at radius 1 is 1.35 bits per heavy atom. The second kappa shape index (κ2) is 5.80. The topological polar surface area (TPSA) is 12.0 Å². The fraction of sp³-hybridized carbons (Fsp3) is 0.286. The Balaban J connectivity index is 2.32. The quantitative estimate of drug-likeness (QED) is 0.851. The maximum absolute atomic E-state index is 3.59. The number of benzene rings is 1. The molecule has 1 aromatic carbocycles. The average molecular weight is 310 g/mol. The van der Waals surface area contributed by atoms with Crippen molar-refractivity contribution < 1.29 is 0 Å². The van der Waals surface area contributed by atoms with Crippen LogP contribution in [0, 0.1) is 0 Å². The van der Waals surface area contributed by atoms with Gasteiger partial charge in [-0.1, -0.05) is 25.1 Å². The van der Waals surface area contributed by atoms with E-state index in [9.17, 15) is 0 Å². The van der Waals surface area contributed by atoms with Crippen LogP contribution in [0.1, 0.15) is 25.5 Å². The smallest absolute Gasteiger partial charge is 0.0360 e. The predicted octanol–water partition coefficient (Wildman–Crippen LogP) is 4.85. The van der Waals surface area contributed by atoms with Gasteiger partial charge in [-0.3, -0.25) is 0 Å². The SMILES string of the molecule is CCNC(C)c1cccc(-c2cscc2Br)c1. The standard InChI is InChI=1S/C14H16BrNS/c1-3-16-10(2)11-5-4-6-12(7-11)13-8-17-9-14(13)15/h4-10,16H,3H2,1-2H3. The molecule has 1 atom stereocenters. The molecule has 1 aromatic heterocycles. The van der Waals surface area contributed by atoms with Crippen LogP contribution in [0.2, 0.25) is 0 Å². The summed E-state index contributed by atoms with van der Waals surface area (Å²) < 4.78 is 1.18. The van der Waals surface area contributed by atoms with E-state index in [1.807, 2.05) is 0 Å². The Labute approximate surface area is 115 Å². The van der Waals surface area contributed by atoms with Crippen LogP contribution in [0.4, 0.5) is 0 Å². The van der Waals surface area contributed by atoms with Crippen molar-refractivity contribution in [3.8, 4) is 11.1 Å². The number of halogens is 1. The third kappa shape index (κ3) is 2.97. The van der Waals surface area contributed by atoms with Crippen LogP contribution < -0.4 is 5.32 Å². The van der Waals surface area contributed by atoms with Crippen LogP contribution in [0.3, 0.4) is 0 Å². The van der Waals surface area contributed by atoms with Crippen molar-refractivity contribution in [2.24, 2.45) is 0 Å². The zero-order valence-electron chi connectivity index (χ0n) is 10.0. The molecule has 1 N–H and O–H groups in total. The molecule has 1 nitrogen and oxygen atoms in total. The second-order valence-electron chi connectivity index (χ2n) is 4.04. The molecule has 0 amide bonds. The van der Waals surface area contributed by atoms with E-state index in [0.717, 1.165) is 6.54 Å². The van der Waals surface area contributed by atoms with Crippen LogP contribution in [-0.4, -0.2) is 6.54 Å². The Bertz CT molecular complexity index is 492. The number of rotatable bonds is 4. The molecule has 2 aromatic rings. The van der Waals surface area contributed by atoms with Crippen LogP contribution in [0.15, 0.2) is 39.5 Å². The van der Waals surface area contributed by atoms with Crippen molar-refractivity contribution in [2.45, 2.75) is 19.9 Å². The summed E-state index contributed by atoms with van der Waals surface area (Å²) in [5.74, 6) is 0. The Hall–Kier alpha value is -0.640. The summed E-state index contributed by atoms with van der Waals surface area (Å²) in [5, 5.41) is 7.74. The summed E-state index contributed by atoms with van der Waals surface area (Å²) in [6.07, 6.45) is 0. The van der Waals surface area contributed by atoms with E-state index in [1.54, 1.807) is 11.3 Å². The van der Waals surface area contributed by atoms with Gasteiger partial charge in [0.15, 0.2) is 0 Å². The lowest BCUT2D eigenvalue weighted by molar-refractivity contribution is 0.598. The Morgan fingerprint density at radius 2 is 2.18 bits per heavy atom. The highest BCUT2D eigenvalue weighted by atomic mass is 79.9. The average Bonchev–Trinajstić information content (AvgIpc) is 2.76. The summed E-state index contributed by atoms with van der Waals surface area (Å²) in [6.45, 7) is 5.33. The van der Waals surface area contributed by atoms with Gasteiger partial charge in [-0.25, -0.2) is 0 Å². The number of hydrogen-bond donors (Lipinski definition) is 1. The van der Waals surface area contributed by atoms with Gasteiger partial charge in [0, 0.05) is 21.5 Å². The molecule has 0 aliphatic heterocycles. The fourth-order valence-electron chi connectivity index (χ4n) is 1.89. The van der Waals surface area contributed by atoms with Gasteiger partial charge in [0.1, 0.15) is 0 Å². The first-order valence-corrected chi connectivity index (χ1v) is 7.51.